The van der Waals surface area contributed by atoms with E-state index in [1.807, 2.05) is 13.8 Å². The maximum Gasteiger partial charge on any atom is 0.326 e. The van der Waals surface area contributed by atoms with E-state index in [0.717, 1.165) is 0 Å². The quantitative estimate of drug-likeness (QED) is 0.586. The molecule has 7 heteroatoms. The zero-order valence-electron chi connectivity index (χ0n) is 9.73. The van der Waals surface area contributed by atoms with Crippen molar-refractivity contribution in [3.05, 3.63) is 16.7 Å². The largest absolute Gasteiger partial charge is 0.480 e. The average Bonchev–Trinajstić information content (AvgIpc) is 2.22. The zero-order chi connectivity index (χ0) is 13.0. The molecular formula is C10H16N4O3. The minimum absolute atomic E-state index is 0.0989. The van der Waals surface area contributed by atoms with Crippen LogP contribution in [0.3, 0.4) is 0 Å². The van der Waals surface area contributed by atoms with Crippen molar-refractivity contribution < 1.29 is 9.90 Å². The molecule has 0 aromatic carbocycles. The van der Waals surface area contributed by atoms with Gasteiger partial charge in [-0.2, -0.15) is 0 Å². The molecule has 0 aliphatic heterocycles. The van der Waals surface area contributed by atoms with E-state index in [4.69, 9.17) is 10.8 Å². The highest BCUT2D eigenvalue weighted by Crippen LogP contribution is 2.14. The lowest BCUT2D eigenvalue weighted by molar-refractivity contribution is -0.138. The molecule has 17 heavy (non-hydrogen) atoms. The Morgan fingerprint density at radius 1 is 1.65 bits per heavy atom. The van der Waals surface area contributed by atoms with Gasteiger partial charge in [-0.3, -0.25) is 4.79 Å². The first-order chi connectivity index (χ1) is 7.91. The molecule has 5 N–H and O–H groups in total. The second-order valence-corrected chi connectivity index (χ2v) is 4.16. The fourth-order valence-corrected chi connectivity index (χ4v) is 1.38. The Hall–Kier alpha value is -2.05. The summed E-state index contributed by atoms with van der Waals surface area (Å²) in [5.41, 5.74) is 4.90. The molecule has 0 bridgehead atoms. The molecule has 1 heterocycles. The van der Waals surface area contributed by atoms with Gasteiger partial charge in [-0.15, -0.1) is 0 Å². The van der Waals surface area contributed by atoms with Crippen molar-refractivity contribution in [1.29, 1.82) is 0 Å². The van der Waals surface area contributed by atoms with Crippen LogP contribution in [0.4, 0.5) is 11.5 Å². The number of carboxylic acids is 1. The van der Waals surface area contributed by atoms with E-state index in [9.17, 15) is 9.59 Å². The fourth-order valence-electron chi connectivity index (χ4n) is 1.38. The maximum atomic E-state index is 11.2. The first-order valence-electron chi connectivity index (χ1n) is 5.24. The minimum atomic E-state index is -1.000. The Balaban J connectivity index is 2.90. The summed E-state index contributed by atoms with van der Waals surface area (Å²) >= 11 is 0. The van der Waals surface area contributed by atoms with Crippen LogP contribution in [0, 0.1) is 5.92 Å². The molecule has 7 nitrogen and oxygen atoms in total. The van der Waals surface area contributed by atoms with Crippen LogP contribution in [-0.2, 0) is 4.79 Å². The topological polar surface area (TPSA) is 121 Å². The molecule has 0 saturated carbocycles. The molecule has 0 radical (unpaired) electrons. The highest BCUT2D eigenvalue weighted by Gasteiger charge is 2.20. The normalized spacial score (nSPS) is 12.4. The fraction of sp³-hybridized carbons (Fsp3) is 0.500. The molecule has 0 saturated heterocycles. The van der Waals surface area contributed by atoms with E-state index in [2.05, 4.69) is 15.3 Å². The number of nitrogens with zero attached hydrogens (tertiary/aromatic N) is 1. The number of nitrogens with two attached hydrogens (primary N) is 1. The van der Waals surface area contributed by atoms with Gasteiger partial charge in [0, 0.05) is 0 Å². The molecule has 1 aromatic heterocycles. The van der Waals surface area contributed by atoms with Crippen molar-refractivity contribution in [2.24, 2.45) is 5.92 Å². The van der Waals surface area contributed by atoms with Gasteiger partial charge in [0.2, 0.25) is 0 Å². The maximum absolute atomic E-state index is 11.2. The van der Waals surface area contributed by atoms with Crippen molar-refractivity contribution in [1.82, 2.24) is 9.97 Å². The van der Waals surface area contributed by atoms with Crippen LogP contribution >= 0.6 is 0 Å². The summed E-state index contributed by atoms with van der Waals surface area (Å²) in [7, 11) is 0. The van der Waals surface area contributed by atoms with E-state index in [0.29, 0.717) is 6.42 Å². The van der Waals surface area contributed by atoms with Crippen LogP contribution in [0.1, 0.15) is 20.3 Å². The van der Waals surface area contributed by atoms with E-state index in [-0.39, 0.29) is 17.4 Å². The second kappa shape index (κ2) is 5.33. The number of H-pyrrole nitrogens is 1. The van der Waals surface area contributed by atoms with Gasteiger partial charge in [0.25, 0.3) is 5.56 Å². The van der Waals surface area contributed by atoms with Crippen LogP contribution in [0.5, 0.6) is 0 Å². The number of aromatic nitrogens is 2. The zero-order valence-corrected chi connectivity index (χ0v) is 9.73. The van der Waals surface area contributed by atoms with Crippen molar-refractivity contribution in [3.63, 3.8) is 0 Å². The van der Waals surface area contributed by atoms with E-state index in [1.165, 1.54) is 6.33 Å². The predicted octanol–water partition coefficient (Wildman–Crippen LogP) is 0.263. The van der Waals surface area contributed by atoms with Gasteiger partial charge >= 0.3 is 5.97 Å². The van der Waals surface area contributed by atoms with Gasteiger partial charge in [0.05, 0.1) is 6.33 Å². The van der Waals surface area contributed by atoms with E-state index < -0.39 is 17.6 Å². The molecule has 0 aliphatic rings. The summed E-state index contributed by atoms with van der Waals surface area (Å²) < 4.78 is 0. The number of hydrogen-bond donors (Lipinski definition) is 4. The number of aromatic amines is 1. The lowest BCUT2D eigenvalue weighted by Gasteiger charge is -2.17. The SMILES string of the molecule is CC(C)CC(Nc1nc[nH]c(=O)c1N)C(=O)O. The van der Waals surface area contributed by atoms with Crippen LogP contribution in [-0.4, -0.2) is 27.1 Å². The van der Waals surface area contributed by atoms with Crippen molar-refractivity contribution in [3.8, 4) is 0 Å². The van der Waals surface area contributed by atoms with Crippen LogP contribution in [0.25, 0.3) is 0 Å². The van der Waals surface area contributed by atoms with Crippen LogP contribution < -0.4 is 16.6 Å². The summed E-state index contributed by atoms with van der Waals surface area (Å²) in [6.45, 7) is 3.82. The standard InChI is InChI=1S/C10H16N4O3/c1-5(2)3-6(10(16)17)14-8-7(11)9(15)13-4-12-8/h4-6H,3,11H2,1-2H3,(H,16,17)(H2,12,13,14,15). The highest BCUT2D eigenvalue weighted by atomic mass is 16.4. The molecule has 1 aromatic rings. The average molecular weight is 240 g/mol. The highest BCUT2D eigenvalue weighted by molar-refractivity contribution is 5.78. The number of anilines is 2. The van der Waals surface area contributed by atoms with Crippen LogP contribution in [0.15, 0.2) is 11.1 Å². The number of carbonyl (C=O) groups is 1. The number of hydrogen-bond acceptors (Lipinski definition) is 5. The number of rotatable bonds is 5. The number of nitrogen functional groups attached to an aromatic ring is 1. The molecule has 0 amide bonds. The summed E-state index contributed by atoms with van der Waals surface area (Å²) in [4.78, 5) is 28.3. The smallest absolute Gasteiger partial charge is 0.326 e. The molecular weight excluding hydrogens is 224 g/mol. The number of nitrogens with one attached hydrogen (secondary N) is 2. The number of carboxylic acid groups (broad SMARTS) is 1. The summed E-state index contributed by atoms with van der Waals surface area (Å²) in [6.07, 6.45) is 1.60. The van der Waals surface area contributed by atoms with Crippen LogP contribution in [0.2, 0.25) is 0 Å². The Morgan fingerprint density at radius 2 is 2.29 bits per heavy atom. The Labute approximate surface area is 98.1 Å². The first kappa shape index (κ1) is 13.0. The van der Waals surface area contributed by atoms with Gasteiger partial charge in [-0.1, -0.05) is 13.8 Å². The molecule has 94 valence electrons. The molecule has 0 fully saturated rings. The molecule has 1 unspecified atom stereocenters. The summed E-state index contributed by atoms with van der Waals surface area (Å²) in [5.74, 6) is -0.700. The van der Waals surface area contributed by atoms with Gasteiger partial charge in [0.1, 0.15) is 11.7 Å². The Kier molecular flexibility index (Phi) is 4.08. The van der Waals surface area contributed by atoms with E-state index in [1.54, 1.807) is 0 Å². The third-order valence-electron chi connectivity index (χ3n) is 2.21. The first-order valence-corrected chi connectivity index (χ1v) is 5.24. The lowest BCUT2D eigenvalue weighted by Crippen LogP contribution is -2.32. The third kappa shape index (κ3) is 3.47. The summed E-state index contributed by atoms with van der Waals surface area (Å²) in [5, 5.41) is 11.7. The molecule has 0 spiro atoms. The monoisotopic (exact) mass is 240 g/mol. The molecule has 1 atom stereocenters. The van der Waals surface area contributed by atoms with Gasteiger partial charge < -0.3 is 21.1 Å². The Morgan fingerprint density at radius 3 is 2.82 bits per heavy atom. The second-order valence-electron chi connectivity index (χ2n) is 4.16. The van der Waals surface area contributed by atoms with Crippen molar-refractivity contribution in [2.45, 2.75) is 26.3 Å². The van der Waals surface area contributed by atoms with Gasteiger partial charge in [0.15, 0.2) is 5.82 Å². The predicted molar refractivity (Wildman–Crippen MR) is 63.8 cm³/mol. The molecule has 1 rings (SSSR count). The van der Waals surface area contributed by atoms with Gasteiger partial charge in [-0.05, 0) is 12.3 Å². The lowest BCUT2D eigenvalue weighted by atomic mass is 10.0. The summed E-state index contributed by atoms with van der Waals surface area (Å²) in [6, 6.07) is -0.813. The number of aliphatic carboxylic acids is 1. The van der Waals surface area contributed by atoms with Gasteiger partial charge in [-0.25, -0.2) is 9.78 Å². The third-order valence-corrected chi connectivity index (χ3v) is 2.21. The van der Waals surface area contributed by atoms with Crippen molar-refractivity contribution >= 4 is 17.5 Å². The Bertz CT molecular complexity index is 455. The van der Waals surface area contributed by atoms with E-state index >= 15 is 0 Å². The minimum Gasteiger partial charge on any atom is -0.480 e. The molecule has 0 aliphatic carbocycles. The van der Waals surface area contributed by atoms with Crippen molar-refractivity contribution in [2.75, 3.05) is 11.1 Å².